The summed E-state index contributed by atoms with van der Waals surface area (Å²) in [6.45, 7) is 2.18. The van der Waals surface area contributed by atoms with Gasteiger partial charge in [-0.1, -0.05) is 78.9 Å². The highest BCUT2D eigenvalue weighted by atomic mass is 15.0. The minimum absolute atomic E-state index is 0.929. The molecule has 1 aliphatic carbocycles. The molecular weight excluding hydrogens is 458 g/mol. The quantitative estimate of drug-likeness (QED) is 0.217. The first kappa shape index (κ1) is 21.1. The van der Waals surface area contributed by atoms with Crippen LogP contribution in [-0.4, -0.2) is 4.57 Å². The van der Waals surface area contributed by atoms with Crippen LogP contribution in [0.25, 0.3) is 66.2 Å². The van der Waals surface area contributed by atoms with E-state index in [1.54, 1.807) is 0 Å². The Bertz CT molecular complexity index is 2130. The second kappa shape index (κ2) is 7.99. The maximum atomic E-state index is 3.55. The molecule has 0 unspecified atom stereocenters. The predicted octanol–water partition coefficient (Wildman–Crippen LogP) is 9.47. The highest BCUT2D eigenvalue weighted by Gasteiger charge is 2.23. The lowest BCUT2D eigenvalue weighted by Gasteiger charge is -2.17. The third-order valence-corrected chi connectivity index (χ3v) is 7.91. The number of nitrogens with zero attached hydrogens (tertiary/aromatic N) is 1. The van der Waals surface area contributed by atoms with E-state index in [0.717, 1.165) is 23.2 Å². The summed E-state index contributed by atoms with van der Waals surface area (Å²) in [7, 11) is 0. The van der Waals surface area contributed by atoms with Gasteiger partial charge in [-0.05, 0) is 87.8 Å². The molecule has 0 saturated carbocycles. The molecule has 38 heavy (non-hydrogen) atoms. The molecule has 0 bridgehead atoms. The summed E-state index contributed by atoms with van der Waals surface area (Å²) in [6, 6.07) is 43.5. The summed E-state index contributed by atoms with van der Waals surface area (Å²) in [5.41, 5.74) is 13.3. The van der Waals surface area contributed by atoms with E-state index >= 15 is 0 Å². The molecule has 0 atom stereocenters. The Morgan fingerprint density at radius 1 is 0.737 bits per heavy atom. The van der Waals surface area contributed by atoms with Crippen LogP contribution in [0.1, 0.15) is 18.1 Å². The van der Waals surface area contributed by atoms with Gasteiger partial charge >= 0.3 is 0 Å². The van der Waals surface area contributed by atoms with Crippen LogP contribution in [0.4, 0.5) is 0 Å². The fourth-order valence-electron chi connectivity index (χ4n) is 6.21. The van der Waals surface area contributed by atoms with Gasteiger partial charge in [0.1, 0.15) is 0 Å². The standard InChI is InChI=1S/C37H23N/c1-24-18-19-31-33(20-24)30-16-7-8-17-32(30)37-36(31)34-22-27-12-5-6-13-28(27)23-35(34)38(37)29-15-9-14-26(21-29)25-10-3-2-4-11-25/h2-3,5-10,12-17,19,21-23H,20H2,1H3. The molecule has 176 valence electrons. The van der Waals surface area contributed by atoms with E-state index in [9.17, 15) is 0 Å². The Kier molecular flexibility index (Phi) is 4.44. The van der Waals surface area contributed by atoms with Crippen molar-refractivity contribution in [3.05, 3.63) is 138 Å². The van der Waals surface area contributed by atoms with E-state index in [-0.39, 0.29) is 0 Å². The first-order valence-corrected chi connectivity index (χ1v) is 13.1. The minimum atomic E-state index is 0.929. The Balaban J connectivity index is 1.60. The smallest absolute Gasteiger partial charge is 0.0625 e. The zero-order chi connectivity index (χ0) is 25.2. The van der Waals surface area contributed by atoms with Crippen LogP contribution in [0.2, 0.25) is 0 Å². The maximum absolute atomic E-state index is 3.55. The zero-order valence-corrected chi connectivity index (χ0v) is 21.0. The van der Waals surface area contributed by atoms with Gasteiger partial charge in [0.15, 0.2) is 0 Å². The van der Waals surface area contributed by atoms with Crippen LogP contribution in [0, 0.1) is 12.1 Å². The number of hydrogen-bond acceptors (Lipinski definition) is 0. The summed E-state index contributed by atoms with van der Waals surface area (Å²) < 4.78 is 2.47. The summed E-state index contributed by atoms with van der Waals surface area (Å²) >= 11 is 0. The van der Waals surface area contributed by atoms with E-state index in [1.165, 1.54) is 60.1 Å². The maximum Gasteiger partial charge on any atom is 0.0625 e. The van der Waals surface area contributed by atoms with Gasteiger partial charge < -0.3 is 4.57 Å². The van der Waals surface area contributed by atoms with Crippen LogP contribution in [-0.2, 0) is 6.42 Å². The average molecular weight is 482 g/mol. The molecule has 8 rings (SSSR count). The Morgan fingerprint density at radius 2 is 1.55 bits per heavy atom. The van der Waals surface area contributed by atoms with Crippen molar-refractivity contribution >= 4 is 49.4 Å². The number of aromatic nitrogens is 1. The van der Waals surface area contributed by atoms with E-state index in [1.807, 2.05) is 12.1 Å². The molecule has 0 fully saturated rings. The molecule has 6 aromatic carbocycles. The molecule has 0 saturated heterocycles. The lowest BCUT2D eigenvalue weighted by atomic mass is 9.88. The van der Waals surface area contributed by atoms with Crippen molar-refractivity contribution in [3.63, 3.8) is 0 Å². The van der Waals surface area contributed by atoms with Crippen molar-refractivity contribution in [2.75, 3.05) is 0 Å². The topological polar surface area (TPSA) is 4.93 Å². The van der Waals surface area contributed by atoms with Gasteiger partial charge in [0.25, 0.3) is 0 Å². The lowest BCUT2D eigenvalue weighted by Crippen LogP contribution is -2.00. The highest BCUT2D eigenvalue weighted by molar-refractivity contribution is 6.24. The van der Waals surface area contributed by atoms with Crippen LogP contribution < -0.4 is 0 Å². The molecule has 0 amide bonds. The monoisotopic (exact) mass is 481 g/mol. The first-order chi connectivity index (χ1) is 18.8. The van der Waals surface area contributed by atoms with Crippen molar-refractivity contribution in [2.24, 2.45) is 0 Å². The first-order valence-electron chi connectivity index (χ1n) is 13.1. The normalized spacial score (nSPS) is 12.7. The van der Waals surface area contributed by atoms with E-state index in [0.29, 0.717) is 0 Å². The number of hydrogen-bond donors (Lipinski definition) is 0. The largest absolute Gasteiger partial charge is 0.309 e. The van der Waals surface area contributed by atoms with Gasteiger partial charge in [-0.2, -0.15) is 0 Å². The summed E-state index contributed by atoms with van der Waals surface area (Å²) in [4.78, 5) is 0. The van der Waals surface area contributed by atoms with Crippen molar-refractivity contribution in [1.29, 1.82) is 0 Å². The molecule has 1 heterocycles. The minimum Gasteiger partial charge on any atom is -0.309 e. The summed E-state index contributed by atoms with van der Waals surface area (Å²) in [5.74, 6) is 0. The molecule has 0 aliphatic heterocycles. The third-order valence-electron chi connectivity index (χ3n) is 7.91. The molecule has 1 nitrogen and oxygen atoms in total. The number of benzene rings is 5. The average Bonchev–Trinajstić information content (AvgIpc) is 3.31. The Morgan fingerprint density at radius 3 is 2.39 bits per heavy atom. The molecule has 7 aromatic rings. The van der Waals surface area contributed by atoms with Gasteiger partial charge in [0, 0.05) is 33.8 Å². The molecule has 1 aliphatic rings. The molecule has 0 N–H and O–H groups in total. The van der Waals surface area contributed by atoms with E-state index < -0.39 is 0 Å². The van der Waals surface area contributed by atoms with Crippen molar-refractivity contribution in [2.45, 2.75) is 13.3 Å². The predicted molar refractivity (Wildman–Crippen MR) is 160 cm³/mol. The van der Waals surface area contributed by atoms with Crippen molar-refractivity contribution in [1.82, 2.24) is 4.57 Å². The molecule has 1 heteroatoms. The van der Waals surface area contributed by atoms with Gasteiger partial charge in [-0.25, -0.2) is 0 Å². The summed E-state index contributed by atoms with van der Waals surface area (Å²) in [5, 5.41) is 7.71. The lowest BCUT2D eigenvalue weighted by molar-refractivity contribution is 1.15. The third kappa shape index (κ3) is 3.02. The van der Waals surface area contributed by atoms with E-state index in [4.69, 9.17) is 0 Å². The molecular formula is C37H23N. The fraction of sp³-hybridized carbons (Fsp3) is 0.0541. The number of allylic oxidation sites excluding steroid dienone is 1. The highest BCUT2D eigenvalue weighted by Crippen LogP contribution is 2.44. The Labute approximate surface area is 221 Å². The number of rotatable bonds is 2. The van der Waals surface area contributed by atoms with Gasteiger partial charge in [-0.3, -0.25) is 0 Å². The zero-order valence-electron chi connectivity index (χ0n) is 21.0. The summed E-state index contributed by atoms with van der Waals surface area (Å²) in [6.07, 6.45) is 3.14. The van der Waals surface area contributed by atoms with Crippen LogP contribution in [0.5, 0.6) is 0 Å². The second-order valence-corrected chi connectivity index (χ2v) is 10.2. The van der Waals surface area contributed by atoms with Crippen LogP contribution in [0.3, 0.4) is 0 Å². The molecule has 0 spiro atoms. The van der Waals surface area contributed by atoms with Crippen LogP contribution >= 0.6 is 0 Å². The van der Waals surface area contributed by atoms with Gasteiger partial charge in [0.2, 0.25) is 0 Å². The van der Waals surface area contributed by atoms with E-state index in [2.05, 4.69) is 126 Å². The van der Waals surface area contributed by atoms with Crippen LogP contribution in [0.15, 0.2) is 114 Å². The SMILES string of the molecule is CC1=C=Cc2c(c3ccccc3c3c2c2cc4ccccc4cc2n3-c2cccc(-c3c#cccc3)c2)C1. The fourth-order valence-corrected chi connectivity index (χ4v) is 6.21. The van der Waals surface area contributed by atoms with Crippen molar-refractivity contribution in [3.8, 4) is 16.8 Å². The number of fused-ring (bicyclic) bond motifs is 9. The van der Waals surface area contributed by atoms with Gasteiger partial charge in [0.05, 0.1) is 11.0 Å². The van der Waals surface area contributed by atoms with Gasteiger partial charge in [-0.15, -0.1) is 5.73 Å². The Hall–Kier alpha value is -5.02. The molecule has 1 aromatic heterocycles. The molecule has 0 radical (unpaired) electrons. The second-order valence-electron chi connectivity index (χ2n) is 10.2. The van der Waals surface area contributed by atoms with Crippen molar-refractivity contribution < 1.29 is 0 Å².